The summed E-state index contributed by atoms with van der Waals surface area (Å²) in [6.45, 7) is 2.92. The van der Waals surface area contributed by atoms with Gasteiger partial charge in [0.25, 0.3) is 11.8 Å². The lowest BCUT2D eigenvalue weighted by Crippen LogP contribution is -2.25. The van der Waals surface area contributed by atoms with Gasteiger partial charge in [-0.05, 0) is 48.7 Å². The number of carbonyl (C=O) groups is 2. The summed E-state index contributed by atoms with van der Waals surface area (Å²) in [6.07, 6.45) is 3.16. The molecule has 1 fully saturated rings. The first-order valence-electron chi connectivity index (χ1n) is 11.9. The van der Waals surface area contributed by atoms with Crippen LogP contribution in [0.3, 0.4) is 0 Å². The molecule has 2 aromatic carbocycles. The van der Waals surface area contributed by atoms with E-state index < -0.39 is 17.6 Å². The molecule has 11 heteroatoms. The second-order valence-electron chi connectivity index (χ2n) is 9.01. The van der Waals surface area contributed by atoms with Gasteiger partial charge in [0.05, 0.1) is 34.8 Å². The number of carbonyl (C=O) groups excluding carboxylic acids is 2. The summed E-state index contributed by atoms with van der Waals surface area (Å²) in [5.41, 5.74) is 8.41. The molecule has 5 rings (SSSR count). The zero-order valence-electron chi connectivity index (χ0n) is 20.7. The van der Waals surface area contributed by atoms with Crippen molar-refractivity contribution in [1.82, 2.24) is 15.3 Å². The van der Waals surface area contributed by atoms with Crippen LogP contribution >= 0.6 is 0 Å². The molecular weight excluding hydrogens is 506 g/mol. The number of ether oxygens (including phenoxy) is 1. The molecule has 196 valence electrons. The molecule has 0 atom stereocenters. The highest BCUT2D eigenvalue weighted by Crippen LogP contribution is 2.43. The maximum atomic E-state index is 15.5. The van der Waals surface area contributed by atoms with E-state index in [9.17, 15) is 19.2 Å². The standard InChI is InChI=1S/C28H22F2N6O3/c1-13(29)27(37)35-17-6-8-18(20(30)10-17)25-22(23-24(36-25)15(11-31)12-33-26(23)32)14-3-7-19(21(9-14)39-2)28(38)34-16-4-5-16/h3,6-10,12,16,36H,1,4-5H2,2H3,(H2,32,33)(H,34,38)(H,35,37). The van der Waals surface area contributed by atoms with E-state index in [1.54, 1.807) is 18.2 Å². The number of nitrogens with one attached hydrogen (secondary N) is 3. The molecular formula is C28H22F2N6O3. The van der Waals surface area contributed by atoms with Crippen molar-refractivity contribution in [3.8, 4) is 34.2 Å². The van der Waals surface area contributed by atoms with Gasteiger partial charge in [-0.15, -0.1) is 0 Å². The Bertz CT molecular complexity index is 1720. The van der Waals surface area contributed by atoms with E-state index in [1.165, 1.54) is 25.4 Å². The summed E-state index contributed by atoms with van der Waals surface area (Å²) >= 11 is 0. The topological polar surface area (TPSA) is 146 Å². The number of H-pyrrole nitrogens is 1. The summed E-state index contributed by atoms with van der Waals surface area (Å²) in [6, 6.07) is 10.9. The number of amides is 2. The molecule has 0 saturated heterocycles. The number of aromatic nitrogens is 2. The molecule has 5 N–H and O–H groups in total. The SMILES string of the molecule is C=C(F)C(=O)Nc1ccc(-c2[nH]c3c(C#N)cnc(N)c3c2-c2ccc(C(=O)NC3CC3)c(OC)c2)c(F)c1. The summed E-state index contributed by atoms with van der Waals surface area (Å²) in [4.78, 5) is 31.6. The first kappa shape index (κ1) is 25.4. The van der Waals surface area contributed by atoms with Gasteiger partial charge in [-0.2, -0.15) is 5.26 Å². The molecule has 39 heavy (non-hydrogen) atoms. The fourth-order valence-corrected chi connectivity index (χ4v) is 4.32. The Balaban J connectivity index is 1.69. The van der Waals surface area contributed by atoms with Gasteiger partial charge in [-0.3, -0.25) is 9.59 Å². The fourth-order valence-electron chi connectivity index (χ4n) is 4.32. The minimum absolute atomic E-state index is 0.0179. The first-order chi connectivity index (χ1) is 18.7. The lowest BCUT2D eigenvalue weighted by atomic mass is 9.96. The summed E-state index contributed by atoms with van der Waals surface area (Å²) in [5.74, 6) is -2.94. The number of aromatic amines is 1. The van der Waals surface area contributed by atoms with Crippen molar-refractivity contribution in [2.75, 3.05) is 18.2 Å². The van der Waals surface area contributed by atoms with Crippen LogP contribution in [-0.4, -0.2) is 34.9 Å². The second-order valence-corrected chi connectivity index (χ2v) is 9.01. The van der Waals surface area contributed by atoms with E-state index in [-0.39, 0.29) is 40.3 Å². The van der Waals surface area contributed by atoms with Gasteiger partial charge in [0.2, 0.25) is 0 Å². The number of pyridine rings is 1. The predicted molar refractivity (Wildman–Crippen MR) is 142 cm³/mol. The van der Waals surface area contributed by atoms with Gasteiger partial charge in [-0.25, -0.2) is 13.8 Å². The van der Waals surface area contributed by atoms with Crippen molar-refractivity contribution in [3.63, 3.8) is 0 Å². The maximum absolute atomic E-state index is 15.5. The highest BCUT2D eigenvalue weighted by atomic mass is 19.1. The van der Waals surface area contributed by atoms with Crippen LogP contribution in [0.2, 0.25) is 0 Å². The molecule has 1 aliphatic carbocycles. The smallest absolute Gasteiger partial charge is 0.283 e. The van der Waals surface area contributed by atoms with E-state index in [1.807, 2.05) is 0 Å². The van der Waals surface area contributed by atoms with Crippen LogP contribution in [0.5, 0.6) is 5.75 Å². The molecule has 2 amide bonds. The van der Waals surface area contributed by atoms with Crippen molar-refractivity contribution < 1.29 is 23.1 Å². The number of nitrogens with two attached hydrogens (primary N) is 1. The van der Waals surface area contributed by atoms with Crippen molar-refractivity contribution >= 4 is 34.2 Å². The minimum atomic E-state index is -1.22. The largest absolute Gasteiger partial charge is 0.496 e. The number of benzene rings is 2. The van der Waals surface area contributed by atoms with Crippen LogP contribution in [0.25, 0.3) is 33.3 Å². The van der Waals surface area contributed by atoms with Gasteiger partial charge in [0.1, 0.15) is 23.5 Å². The predicted octanol–water partition coefficient (Wildman–Crippen LogP) is 4.81. The Kier molecular flexibility index (Phi) is 6.45. The molecule has 9 nitrogen and oxygen atoms in total. The lowest BCUT2D eigenvalue weighted by molar-refractivity contribution is -0.114. The molecule has 2 heterocycles. The van der Waals surface area contributed by atoms with Crippen LogP contribution in [0.1, 0.15) is 28.8 Å². The number of hydrogen-bond acceptors (Lipinski definition) is 6. The first-order valence-corrected chi connectivity index (χ1v) is 11.9. The molecule has 0 bridgehead atoms. The number of rotatable bonds is 7. The molecule has 0 spiro atoms. The normalized spacial score (nSPS) is 12.6. The summed E-state index contributed by atoms with van der Waals surface area (Å²) in [5, 5.41) is 15.2. The number of methoxy groups -OCH3 is 1. The van der Waals surface area contributed by atoms with Crippen LogP contribution in [0.4, 0.5) is 20.3 Å². The molecule has 0 aliphatic heterocycles. The average molecular weight is 529 g/mol. The van der Waals surface area contributed by atoms with Gasteiger partial charge >= 0.3 is 0 Å². The highest BCUT2D eigenvalue weighted by Gasteiger charge is 2.27. The van der Waals surface area contributed by atoms with Crippen LogP contribution in [0.15, 0.2) is 55.0 Å². The Hall–Kier alpha value is -5.24. The van der Waals surface area contributed by atoms with Crippen molar-refractivity contribution in [2.24, 2.45) is 0 Å². The number of nitrogen functional groups attached to an aromatic ring is 1. The molecule has 1 saturated carbocycles. The van der Waals surface area contributed by atoms with Gasteiger partial charge in [0.15, 0.2) is 5.83 Å². The van der Waals surface area contributed by atoms with Crippen molar-refractivity contribution in [1.29, 1.82) is 5.26 Å². The minimum Gasteiger partial charge on any atom is -0.496 e. The Morgan fingerprint density at radius 3 is 2.67 bits per heavy atom. The Labute approximate surface area is 221 Å². The molecule has 2 aromatic heterocycles. The lowest BCUT2D eigenvalue weighted by Gasteiger charge is -2.13. The fraction of sp³-hybridized carbons (Fsp3) is 0.143. The van der Waals surface area contributed by atoms with Crippen LogP contribution in [0, 0.1) is 17.1 Å². The number of hydrogen-bond donors (Lipinski definition) is 4. The number of anilines is 2. The van der Waals surface area contributed by atoms with Crippen LogP contribution in [-0.2, 0) is 4.79 Å². The van der Waals surface area contributed by atoms with Gasteiger partial charge in [0, 0.05) is 29.1 Å². The number of fused-ring (bicyclic) bond motifs is 1. The Morgan fingerprint density at radius 2 is 2.03 bits per heavy atom. The van der Waals surface area contributed by atoms with Crippen LogP contribution < -0.4 is 21.1 Å². The quantitative estimate of drug-likeness (QED) is 0.253. The number of halogens is 2. The van der Waals surface area contributed by atoms with E-state index >= 15 is 4.39 Å². The van der Waals surface area contributed by atoms with E-state index in [0.29, 0.717) is 33.3 Å². The highest BCUT2D eigenvalue weighted by molar-refractivity contribution is 6.11. The van der Waals surface area contributed by atoms with Gasteiger partial charge in [-0.1, -0.05) is 12.6 Å². The van der Waals surface area contributed by atoms with E-state index in [2.05, 4.69) is 33.2 Å². The summed E-state index contributed by atoms with van der Waals surface area (Å²) < 4.78 is 34.1. The third-order valence-corrected chi connectivity index (χ3v) is 6.37. The third kappa shape index (κ3) is 4.75. The Morgan fingerprint density at radius 1 is 1.26 bits per heavy atom. The molecule has 4 aromatic rings. The number of nitriles is 1. The zero-order valence-corrected chi connectivity index (χ0v) is 20.7. The van der Waals surface area contributed by atoms with Crippen molar-refractivity contribution in [3.05, 3.63) is 71.9 Å². The molecule has 0 radical (unpaired) electrons. The number of nitrogens with zero attached hydrogens (tertiary/aromatic N) is 2. The van der Waals surface area contributed by atoms with E-state index in [4.69, 9.17) is 10.5 Å². The zero-order chi connectivity index (χ0) is 27.8. The third-order valence-electron chi connectivity index (χ3n) is 6.37. The molecule has 0 unspecified atom stereocenters. The molecule has 1 aliphatic rings. The van der Waals surface area contributed by atoms with Gasteiger partial charge < -0.3 is 26.1 Å². The van der Waals surface area contributed by atoms with Crippen molar-refractivity contribution in [2.45, 2.75) is 18.9 Å². The van der Waals surface area contributed by atoms with E-state index in [0.717, 1.165) is 18.9 Å². The monoisotopic (exact) mass is 528 g/mol. The summed E-state index contributed by atoms with van der Waals surface area (Å²) in [7, 11) is 1.44. The average Bonchev–Trinajstić information content (AvgIpc) is 3.64. The second kappa shape index (κ2) is 9.90. The maximum Gasteiger partial charge on any atom is 0.283 e.